The van der Waals surface area contributed by atoms with Crippen molar-refractivity contribution in [2.75, 3.05) is 26.4 Å². The Kier molecular flexibility index (Phi) is 18.9. The van der Waals surface area contributed by atoms with Crippen molar-refractivity contribution in [1.29, 1.82) is 0 Å². The molecule has 1 fully saturated rings. The molecule has 1 heterocycles. The molecule has 0 aliphatic carbocycles. The van der Waals surface area contributed by atoms with Crippen LogP contribution in [0.15, 0.2) is 42.0 Å². The summed E-state index contributed by atoms with van der Waals surface area (Å²) >= 11 is 0.997. The van der Waals surface area contributed by atoms with Crippen LogP contribution < -0.4 is 21.7 Å². The number of imide groups is 1. The summed E-state index contributed by atoms with van der Waals surface area (Å²) < 4.78 is 0. The Morgan fingerprint density at radius 1 is 0.966 bits per heavy atom. The third-order valence-corrected chi connectivity index (χ3v) is 11.9. The van der Waals surface area contributed by atoms with Crippen LogP contribution in [-0.4, -0.2) is 129 Å². The molecule has 17 heteroatoms. The van der Waals surface area contributed by atoms with Gasteiger partial charge in [-0.25, -0.2) is 4.79 Å². The molecular weight excluding hydrogens is 781 g/mol. The normalized spacial score (nSPS) is 17.5. The molecule has 1 aromatic carbocycles. The summed E-state index contributed by atoms with van der Waals surface area (Å²) in [7, 11) is 3.29. The van der Waals surface area contributed by atoms with E-state index in [0.717, 1.165) is 22.2 Å². The monoisotopic (exact) mass is 844 g/mol. The number of amides is 5. The number of likely N-dealkylation sites (N-methyl/N-ethyl adjacent to an activating group) is 2. The Morgan fingerprint density at radius 2 is 1.58 bits per heavy atom. The summed E-state index contributed by atoms with van der Waals surface area (Å²) in [6, 6.07) is 4.79. The highest BCUT2D eigenvalue weighted by molar-refractivity contribution is 8.00. The Labute approximate surface area is 351 Å². The topological polar surface area (TPSA) is 246 Å². The number of nitrogens with two attached hydrogens (primary N) is 1. The molecule has 2 rings (SSSR count). The minimum absolute atomic E-state index is 0.0196. The number of Topliss-reactive ketones (excluding diaryl/α,β-unsaturated/α-hetero) is 1. The standard InChI is InChI=1S/C42H64N6O10S/c1-24(2)30(47(10)38(54)34(41(4,5)6)46-36(52)33(44-9)42(7,8)26-15-12-11-13-16-26)21-25(3)35(51)45-29(40(57)58)19-18-27(49)17-14-20-48-32(50)22-31(37(48)53)59-23-28(43)39(55)56/h11-13,15-16,21,24,28-31,33-34,44H,14,17-20,22-23,43H2,1-10H3,(H,45,51)(H,46,52)(H,55,56)(H,57,58)/b25-21+/t28-,29+,30+,31?,33+,34+/m0/s1. The highest BCUT2D eigenvalue weighted by atomic mass is 32.2. The number of nitrogens with zero attached hydrogens (tertiary/aromatic N) is 2. The van der Waals surface area contributed by atoms with Crippen LogP contribution in [-0.2, 0) is 43.8 Å². The Morgan fingerprint density at radius 3 is 2.10 bits per heavy atom. The van der Waals surface area contributed by atoms with Crippen LogP contribution >= 0.6 is 11.8 Å². The van der Waals surface area contributed by atoms with Crippen LogP contribution in [0.2, 0.25) is 0 Å². The van der Waals surface area contributed by atoms with E-state index in [-0.39, 0.29) is 73.5 Å². The fraction of sp³-hybridized carbons (Fsp3) is 0.619. The maximum atomic E-state index is 14.2. The first-order chi connectivity index (χ1) is 27.3. The van der Waals surface area contributed by atoms with Gasteiger partial charge in [-0.1, -0.05) is 84.9 Å². The summed E-state index contributed by atoms with van der Waals surface area (Å²) in [5, 5.41) is 26.7. The second-order valence-corrected chi connectivity index (χ2v) is 18.3. The van der Waals surface area contributed by atoms with Gasteiger partial charge in [0.25, 0.3) is 0 Å². The number of carboxylic acids is 2. The van der Waals surface area contributed by atoms with Crippen molar-refractivity contribution in [2.45, 2.75) is 128 Å². The highest BCUT2D eigenvalue weighted by Crippen LogP contribution is 2.30. The predicted molar refractivity (Wildman–Crippen MR) is 225 cm³/mol. The average Bonchev–Trinajstić information content (AvgIpc) is 3.43. The SMILES string of the molecule is CN[C@H](C(=O)N[C@H](C(=O)N(C)[C@H](/C=C(\C)C(=O)N[C@H](CCC(=O)CCCN1C(=O)CC(SC[C@H](N)C(=O)O)C1=O)C(=O)O)C(C)C)C(C)(C)C)C(C)(C)c1ccccc1. The molecule has 328 valence electrons. The largest absolute Gasteiger partial charge is 0.480 e. The smallest absolute Gasteiger partial charge is 0.326 e. The maximum Gasteiger partial charge on any atom is 0.326 e. The lowest BCUT2D eigenvalue weighted by Gasteiger charge is -2.40. The molecule has 16 nitrogen and oxygen atoms in total. The first-order valence-corrected chi connectivity index (χ1v) is 20.9. The number of ketones is 1. The van der Waals surface area contributed by atoms with Gasteiger partial charge in [0.15, 0.2) is 0 Å². The Bertz CT molecular complexity index is 1730. The van der Waals surface area contributed by atoms with Crippen LogP contribution in [0, 0.1) is 11.3 Å². The highest BCUT2D eigenvalue weighted by Gasteiger charge is 2.42. The summed E-state index contributed by atoms with van der Waals surface area (Å²) in [4.78, 5) is 105. The molecule has 1 aromatic rings. The first kappa shape index (κ1) is 50.5. The van der Waals surface area contributed by atoms with Crippen molar-refractivity contribution in [3.05, 3.63) is 47.5 Å². The number of hydrogen-bond donors (Lipinski definition) is 6. The molecule has 6 atom stereocenters. The third kappa shape index (κ3) is 14.3. The van der Waals surface area contributed by atoms with Crippen molar-refractivity contribution in [3.63, 3.8) is 0 Å². The molecule has 1 unspecified atom stereocenters. The fourth-order valence-electron chi connectivity index (χ4n) is 6.87. The summed E-state index contributed by atoms with van der Waals surface area (Å²) in [6.45, 7) is 14.7. The number of aliphatic carboxylic acids is 2. The van der Waals surface area contributed by atoms with E-state index in [1.807, 2.05) is 78.8 Å². The van der Waals surface area contributed by atoms with E-state index < -0.39 is 75.9 Å². The first-order valence-electron chi connectivity index (χ1n) is 19.8. The number of rotatable bonds is 23. The van der Waals surface area contributed by atoms with Gasteiger partial charge in [-0.05, 0) is 43.7 Å². The number of likely N-dealkylation sites (tertiary alicyclic amines) is 1. The quantitative estimate of drug-likeness (QED) is 0.0686. The van der Waals surface area contributed by atoms with Gasteiger partial charge in [0.1, 0.15) is 23.9 Å². The third-order valence-electron chi connectivity index (χ3n) is 10.6. The zero-order valence-corrected chi connectivity index (χ0v) is 36.8. The van der Waals surface area contributed by atoms with E-state index in [1.54, 1.807) is 20.2 Å². The lowest BCUT2D eigenvalue weighted by molar-refractivity contribution is -0.142. The molecule has 1 aliphatic rings. The Balaban J connectivity index is 2.07. The number of nitrogens with one attached hydrogen (secondary N) is 3. The molecule has 7 N–H and O–H groups in total. The number of hydrogen-bond acceptors (Lipinski definition) is 11. The van der Waals surface area contributed by atoms with Crippen molar-refractivity contribution < 1.29 is 48.6 Å². The van der Waals surface area contributed by atoms with Gasteiger partial charge in [0, 0.05) is 49.6 Å². The van der Waals surface area contributed by atoms with E-state index in [1.165, 1.54) is 11.8 Å². The molecule has 5 amide bonds. The molecule has 0 saturated carbocycles. The van der Waals surface area contributed by atoms with E-state index in [0.29, 0.717) is 0 Å². The van der Waals surface area contributed by atoms with Gasteiger partial charge < -0.3 is 36.8 Å². The zero-order valence-electron chi connectivity index (χ0n) is 36.0. The van der Waals surface area contributed by atoms with Gasteiger partial charge >= 0.3 is 11.9 Å². The molecule has 59 heavy (non-hydrogen) atoms. The predicted octanol–water partition coefficient (Wildman–Crippen LogP) is 2.48. The van der Waals surface area contributed by atoms with Crippen LogP contribution in [0.3, 0.4) is 0 Å². The Hall–Kier alpha value is -4.61. The minimum atomic E-state index is -1.40. The number of carbonyl (C=O) groups excluding carboxylic acids is 6. The second kappa shape index (κ2) is 22.1. The van der Waals surface area contributed by atoms with Crippen LogP contribution in [0.1, 0.15) is 93.1 Å². The lowest BCUT2D eigenvalue weighted by atomic mass is 9.76. The number of benzene rings is 1. The van der Waals surface area contributed by atoms with Gasteiger partial charge in [-0.15, -0.1) is 11.8 Å². The van der Waals surface area contributed by atoms with Gasteiger partial charge in [-0.2, -0.15) is 0 Å². The molecule has 0 bridgehead atoms. The van der Waals surface area contributed by atoms with E-state index >= 15 is 0 Å². The van der Waals surface area contributed by atoms with Crippen molar-refractivity contribution in [1.82, 2.24) is 25.8 Å². The van der Waals surface area contributed by atoms with Crippen LogP contribution in [0.25, 0.3) is 0 Å². The van der Waals surface area contributed by atoms with Crippen LogP contribution in [0.4, 0.5) is 0 Å². The average molecular weight is 845 g/mol. The lowest BCUT2D eigenvalue weighted by Crippen LogP contribution is -2.61. The summed E-state index contributed by atoms with van der Waals surface area (Å²) in [5.74, 6) is -5.43. The number of carboxylic acid groups (broad SMARTS) is 2. The maximum absolute atomic E-state index is 14.2. The number of carbonyl (C=O) groups is 8. The summed E-state index contributed by atoms with van der Waals surface area (Å²) in [5.41, 5.74) is 5.26. The molecule has 0 radical (unpaired) electrons. The zero-order chi connectivity index (χ0) is 45.0. The molecular formula is C42H64N6O10S. The van der Waals surface area contributed by atoms with E-state index in [9.17, 15) is 43.5 Å². The van der Waals surface area contributed by atoms with Crippen molar-refractivity contribution in [3.8, 4) is 0 Å². The molecule has 1 aliphatic heterocycles. The van der Waals surface area contributed by atoms with Crippen LogP contribution in [0.5, 0.6) is 0 Å². The fourth-order valence-corrected chi connectivity index (χ4v) is 7.98. The van der Waals surface area contributed by atoms with Gasteiger partial charge in [0.2, 0.25) is 29.5 Å². The minimum Gasteiger partial charge on any atom is -0.480 e. The second-order valence-electron chi connectivity index (χ2n) is 17.1. The number of thioether (sulfide) groups is 1. The van der Waals surface area contributed by atoms with E-state index in [4.69, 9.17) is 10.8 Å². The van der Waals surface area contributed by atoms with Crippen molar-refractivity contribution >= 4 is 59.0 Å². The summed E-state index contributed by atoms with van der Waals surface area (Å²) in [6.07, 6.45) is 1.22. The molecule has 0 spiro atoms. The van der Waals surface area contributed by atoms with E-state index in [2.05, 4.69) is 16.0 Å². The molecule has 1 saturated heterocycles. The van der Waals surface area contributed by atoms with Crippen molar-refractivity contribution in [2.24, 2.45) is 17.1 Å². The van der Waals surface area contributed by atoms with Gasteiger partial charge in [-0.3, -0.25) is 38.5 Å². The molecule has 0 aromatic heterocycles. The van der Waals surface area contributed by atoms with Gasteiger partial charge in [0.05, 0.1) is 17.3 Å².